The van der Waals surface area contributed by atoms with Gasteiger partial charge in [0.15, 0.2) is 0 Å². The SMILES string of the molecule is CCCCCCCCC=CC[P+](c1ccccc1)(c1ccccc1)c1cccc(O)c1.[Cl-]. The number of benzene rings is 3. The van der Waals surface area contributed by atoms with Crippen molar-refractivity contribution in [2.45, 2.75) is 51.9 Å². The summed E-state index contributed by atoms with van der Waals surface area (Å²) in [6.45, 7) is 2.27. The third-order valence-corrected chi connectivity index (χ3v) is 10.2. The van der Waals surface area contributed by atoms with Crippen molar-refractivity contribution in [3.63, 3.8) is 0 Å². The molecule has 3 aromatic rings. The third kappa shape index (κ3) is 6.96. The second kappa shape index (κ2) is 14.1. The van der Waals surface area contributed by atoms with Gasteiger partial charge in [-0.25, -0.2) is 0 Å². The van der Waals surface area contributed by atoms with Gasteiger partial charge in [0.05, 0.1) is 6.16 Å². The van der Waals surface area contributed by atoms with Crippen LogP contribution >= 0.6 is 7.26 Å². The Morgan fingerprint density at radius 1 is 0.656 bits per heavy atom. The van der Waals surface area contributed by atoms with Gasteiger partial charge in [-0.05, 0) is 49.2 Å². The standard InChI is InChI=1S/C29H35OP.ClH/c1-2-3-4-5-6-7-8-9-16-24-31(27-19-12-10-13-20-27,28-21-14-11-15-22-28)29-23-17-18-26(30)25-29;/h9-23,25H,2-8,24H2,1H3;1H. The zero-order chi connectivity index (χ0) is 21.8. The fourth-order valence-electron chi connectivity index (χ4n) is 4.25. The molecule has 0 fully saturated rings. The fraction of sp³-hybridized carbons (Fsp3) is 0.310. The molecule has 0 heterocycles. The molecule has 3 aromatic carbocycles. The molecule has 3 heteroatoms. The monoisotopic (exact) mass is 466 g/mol. The minimum atomic E-state index is -1.90. The van der Waals surface area contributed by atoms with Crippen molar-refractivity contribution >= 4 is 23.2 Å². The predicted octanol–water partition coefficient (Wildman–Crippen LogP) is 4.00. The molecule has 0 radical (unpaired) electrons. The lowest BCUT2D eigenvalue weighted by atomic mass is 10.1. The number of unbranched alkanes of at least 4 members (excludes halogenated alkanes) is 6. The summed E-state index contributed by atoms with van der Waals surface area (Å²) >= 11 is 0. The van der Waals surface area contributed by atoms with Gasteiger partial charge in [0.25, 0.3) is 0 Å². The van der Waals surface area contributed by atoms with Gasteiger partial charge in [0.1, 0.15) is 28.9 Å². The molecule has 0 aliphatic rings. The Kier molecular flexibility index (Phi) is 11.6. The molecule has 1 nitrogen and oxygen atoms in total. The van der Waals surface area contributed by atoms with Crippen LogP contribution in [0.15, 0.2) is 97.1 Å². The van der Waals surface area contributed by atoms with E-state index in [1.165, 1.54) is 54.4 Å². The number of rotatable bonds is 12. The van der Waals surface area contributed by atoms with E-state index in [-0.39, 0.29) is 12.4 Å². The lowest BCUT2D eigenvalue weighted by Crippen LogP contribution is -3.00. The highest BCUT2D eigenvalue weighted by Crippen LogP contribution is 2.55. The van der Waals surface area contributed by atoms with Gasteiger partial charge in [-0.3, -0.25) is 0 Å². The van der Waals surface area contributed by atoms with Crippen LogP contribution in [0.1, 0.15) is 51.9 Å². The number of hydrogen-bond donors (Lipinski definition) is 1. The van der Waals surface area contributed by atoms with E-state index < -0.39 is 7.26 Å². The Hall–Kier alpha value is -2.08. The van der Waals surface area contributed by atoms with E-state index in [0.717, 1.165) is 12.6 Å². The van der Waals surface area contributed by atoms with Gasteiger partial charge in [0, 0.05) is 6.07 Å². The van der Waals surface area contributed by atoms with Gasteiger partial charge in [-0.2, -0.15) is 0 Å². The number of phenols is 1. The highest BCUT2D eigenvalue weighted by Gasteiger charge is 2.44. The Morgan fingerprint density at radius 2 is 1.22 bits per heavy atom. The summed E-state index contributed by atoms with van der Waals surface area (Å²) in [6, 6.07) is 29.6. The second-order valence-electron chi connectivity index (χ2n) is 8.21. The maximum absolute atomic E-state index is 10.3. The zero-order valence-corrected chi connectivity index (χ0v) is 20.8. The largest absolute Gasteiger partial charge is 1.00 e. The summed E-state index contributed by atoms with van der Waals surface area (Å²) in [6.07, 6.45) is 14.9. The lowest BCUT2D eigenvalue weighted by Gasteiger charge is -2.26. The van der Waals surface area contributed by atoms with Gasteiger partial charge < -0.3 is 17.5 Å². The average molecular weight is 467 g/mol. The first-order valence-corrected chi connectivity index (χ1v) is 13.7. The van der Waals surface area contributed by atoms with Crippen LogP contribution in [0.2, 0.25) is 0 Å². The van der Waals surface area contributed by atoms with Crippen LogP contribution in [0.25, 0.3) is 0 Å². The van der Waals surface area contributed by atoms with Crippen LogP contribution in [0.5, 0.6) is 5.75 Å². The number of aromatic hydroxyl groups is 1. The Balaban J connectivity index is 0.00000363. The normalized spacial score (nSPS) is 11.4. The molecule has 0 saturated heterocycles. The molecule has 170 valence electrons. The van der Waals surface area contributed by atoms with Crippen LogP contribution in [0, 0.1) is 0 Å². The van der Waals surface area contributed by atoms with E-state index in [0.29, 0.717) is 5.75 Å². The molecule has 1 N–H and O–H groups in total. The third-order valence-electron chi connectivity index (χ3n) is 5.93. The van der Waals surface area contributed by atoms with Crippen molar-refractivity contribution < 1.29 is 17.5 Å². The summed E-state index contributed by atoms with van der Waals surface area (Å²) in [5, 5.41) is 14.2. The van der Waals surface area contributed by atoms with E-state index in [9.17, 15) is 5.11 Å². The Morgan fingerprint density at radius 3 is 1.81 bits per heavy atom. The summed E-state index contributed by atoms with van der Waals surface area (Å²) in [5.41, 5.74) is 0. The predicted molar refractivity (Wildman–Crippen MR) is 139 cm³/mol. The first kappa shape index (κ1) is 26.2. The van der Waals surface area contributed by atoms with Crippen LogP contribution in [0.3, 0.4) is 0 Å². The van der Waals surface area contributed by atoms with Crippen LogP contribution in [-0.2, 0) is 0 Å². The number of allylic oxidation sites excluding steroid dienone is 2. The van der Waals surface area contributed by atoms with Crippen molar-refractivity contribution in [2.24, 2.45) is 0 Å². The number of hydrogen-bond acceptors (Lipinski definition) is 1. The number of halogens is 1. The van der Waals surface area contributed by atoms with Crippen LogP contribution in [0.4, 0.5) is 0 Å². The van der Waals surface area contributed by atoms with Crippen molar-refractivity contribution in [3.05, 3.63) is 97.1 Å². The van der Waals surface area contributed by atoms with Crippen molar-refractivity contribution in [1.82, 2.24) is 0 Å². The van der Waals surface area contributed by atoms with Crippen LogP contribution in [-0.4, -0.2) is 11.3 Å². The van der Waals surface area contributed by atoms with Crippen molar-refractivity contribution in [1.29, 1.82) is 0 Å². The maximum Gasteiger partial charge on any atom is 0.119 e. The fourth-order valence-corrected chi connectivity index (χ4v) is 8.30. The molecule has 0 bridgehead atoms. The summed E-state index contributed by atoms with van der Waals surface area (Å²) in [7, 11) is -1.90. The molecule has 0 saturated carbocycles. The molecule has 0 atom stereocenters. The number of phenolic OH excluding ortho intramolecular Hbond substituents is 1. The highest BCUT2D eigenvalue weighted by molar-refractivity contribution is 7.95. The molecule has 0 aromatic heterocycles. The topological polar surface area (TPSA) is 20.2 Å². The van der Waals surface area contributed by atoms with E-state index in [1.54, 1.807) is 6.07 Å². The second-order valence-corrected chi connectivity index (χ2v) is 11.7. The van der Waals surface area contributed by atoms with Gasteiger partial charge in [-0.15, -0.1) is 0 Å². The average Bonchev–Trinajstić information content (AvgIpc) is 2.82. The molecular weight excluding hydrogens is 431 g/mol. The quantitative estimate of drug-likeness (QED) is 0.243. The lowest BCUT2D eigenvalue weighted by molar-refractivity contribution is -0.00000730. The Bertz CT molecular complexity index is 885. The summed E-state index contributed by atoms with van der Waals surface area (Å²) < 4.78 is 0. The first-order valence-electron chi connectivity index (χ1n) is 11.7. The zero-order valence-electron chi connectivity index (χ0n) is 19.2. The van der Waals surface area contributed by atoms with Crippen molar-refractivity contribution in [2.75, 3.05) is 6.16 Å². The summed E-state index contributed by atoms with van der Waals surface area (Å²) in [5.74, 6) is 0.338. The Labute approximate surface area is 201 Å². The molecule has 0 aliphatic carbocycles. The van der Waals surface area contributed by atoms with Gasteiger partial charge in [0.2, 0.25) is 0 Å². The molecule has 0 aliphatic heterocycles. The molecule has 32 heavy (non-hydrogen) atoms. The smallest absolute Gasteiger partial charge is 0.119 e. The molecule has 0 unspecified atom stereocenters. The molecule has 0 spiro atoms. The summed E-state index contributed by atoms with van der Waals surface area (Å²) in [4.78, 5) is 0. The van der Waals surface area contributed by atoms with Crippen LogP contribution < -0.4 is 28.3 Å². The minimum Gasteiger partial charge on any atom is -1.00 e. The maximum atomic E-state index is 10.3. The van der Waals surface area contributed by atoms with Crippen molar-refractivity contribution in [3.8, 4) is 5.75 Å². The van der Waals surface area contributed by atoms with E-state index in [4.69, 9.17) is 0 Å². The van der Waals surface area contributed by atoms with E-state index >= 15 is 0 Å². The first-order chi connectivity index (χ1) is 15.3. The van der Waals surface area contributed by atoms with E-state index in [2.05, 4.69) is 85.8 Å². The van der Waals surface area contributed by atoms with Gasteiger partial charge in [-0.1, -0.05) is 93.6 Å². The highest BCUT2D eigenvalue weighted by atomic mass is 35.5. The molecule has 3 rings (SSSR count). The molecule has 0 amide bonds. The molecular formula is C29H36ClOP. The minimum absolute atomic E-state index is 0. The van der Waals surface area contributed by atoms with Gasteiger partial charge >= 0.3 is 0 Å². The van der Waals surface area contributed by atoms with E-state index in [1.807, 2.05) is 12.1 Å².